The standard InChI is InChI=1S/C21H20ClNO4S/c1-3-23-20(24)19(28-21(23)25)12-15-7-10-17(18(11-15)26-4-2)27-13-14-5-8-16(22)9-6-14/h5-12H,3-4,13H2,1-2H3/b19-12-. The van der Waals surface area contributed by atoms with Crippen molar-refractivity contribution in [1.82, 2.24) is 4.90 Å². The van der Waals surface area contributed by atoms with Crippen molar-refractivity contribution in [2.45, 2.75) is 20.5 Å². The number of rotatable bonds is 7. The molecule has 0 N–H and O–H groups in total. The highest BCUT2D eigenvalue weighted by Gasteiger charge is 2.33. The molecule has 1 saturated heterocycles. The fraction of sp³-hybridized carbons (Fsp3) is 0.238. The third-order valence-corrected chi connectivity index (χ3v) is 5.22. The van der Waals surface area contributed by atoms with Crippen LogP contribution < -0.4 is 9.47 Å². The summed E-state index contributed by atoms with van der Waals surface area (Å²) in [6, 6.07) is 12.9. The van der Waals surface area contributed by atoms with Gasteiger partial charge in [-0.2, -0.15) is 0 Å². The predicted octanol–water partition coefficient (Wildman–Crippen LogP) is 5.37. The Hall–Kier alpha value is -2.44. The SMILES string of the molecule is CCOc1cc(/C=C2\SC(=O)N(CC)C2=O)ccc1OCc1ccc(Cl)cc1. The zero-order valence-electron chi connectivity index (χ0n) is 15.6. The normalized spacial score (nSPS) is 15.4. The first-order valence-electron chi connectivity index (χ1n) is 8.91. The van der Waals surface area contributed by atoms with Crippen molar-refractivity contribution in [3.63, 3.8) is 0 Å². The second-order valence-corrected chi connectivity index (χ2v) is 7.41. The third kappa shape index (κ3) is 4.69. The zero-order chi connectivity index (χ0) is 20.1. The van der Waals surface area contributed by atoms with Crippen LogP contribution in [-0.4, -0.2) is 29.2 Å². The Morgan fingerprint density at radius 2 is 1.79 bits per heavy atom. The fourth-order valence-corrected chi connectivity index (χ4v) is 3.70. The lowest BCUT2D eigenvalue weighted by Gasteiger charge is -2.13. The Morgan fingerprint density at radius 1 is 1.04 bits per heavy atom. The molecule has 0 unspecified atom stereocenters. The van der Waals surface area contributed by atoms with E-state index in [1.165, 1.54) is 4.90 Å². The van der Waals surface area contributed by atoms with E-state index in [9.17, 15) is 9.59 Å². The highest BCUT2D eigenvalue weighted by atomic mass is 35.5. The van der Waals surface area contributed by atoms with Crippen LogP contribution in [-0.2, 0) is 11.4 Å². The maximum atomic E-state index is 12.3. The third-order valence-electron chi connectivity index (χ3n) is 4.06. The van der Waals surface area contributed by atoms with Gasteiger partial charge in [0, 0.05) is 11.6 Å². The molecular formula is C21H20ClNO4S. The van der Waals surface area contributed by atoms with E-state index in [0.717, 1.165) is 22.9 Å². The van der Waals surface area contributed by atoms with Gasteiger partial charge in [-0.25, -0.2) is 0 Å². The lowest BCUT2D eigenvalue weighted by Crippen LogP contribution is -2.27. The Balaban J connectivity index is 1.79. The lowest BCUT2D eigenvalue weighted by molar-refractivity contribution is -0.122. The molecule has 0 bridgehead atoms. The highest BCUT2D eigenvalue weighted by molar-refractivity contribution is 8.18. The summed E-state index contributed by atoms with van der Waals surface area (Å²) in [5.74, 6) is 0.925. The summed E-state index contributed by atoms with van der Waals surface area (Å²) < 4.78 is 11.6. The average Bonchev–Trinajstić information content (AvgIpc) is 2.95. The van der Waals surface area contributed by atoms with E-state index in [4.69, 9.17) is 21.1 Å². The molecule has 0 aliphatic carbocycles. The van der Waals surface area contributed by atoms with Gasteiger partial charge < -0.3 is 9.47 Å². The first kappa shape index (κ1) is 20.3. The molecule has 1 aliphatic rings. The molecular weight excluding hydrogens is 398 g/mol. The number of ether oxygens (including phenoxy) is 2. The van der Waals surface area contributed by atoms with E-state index in [1.807, 2.05) is 37.3 Å². The molecule has 2 amide bonds. The second kappa shape index (κ2) is 9.17. The van der Waals surface area contributed by atoms with Gasteiger partial charge in [-0.15, -0.1) is 0 Å². The molecule has 0 spiro atoms. The summed E-state index contributed by atoms with van der Waals surface area (Å²) >= 11 is 6.85. The summed E-state index contributed by atoms with van der Waals surface area (Å²) in [5.41, 5.74) is 1.76. The minimum absolute atomic E-state index is 0.244. The van der Waals surface area contributed by atoms with E-state index in [1.54, 1.807) is 25.1 Å². The molecule has 1 aliphatic heterocycles. The molecule has 0 atom stereocenters. The average molecular weight is 418 g/mol. The van der Waals surface area contributed by atoms with Crippen LogP contribution >= 0.6 is 23.4 Å². The van der Waals surface area contributed by atoms with Crippen molar-refractivity contribution in [2.24, 2.45) is 0 Å². The van der Waals surface area contributed by atoms with Crippen molar-refractivity contribution in [1.29, 1.82) is 0 Å². The van der Waals surface area contributed by atoms with Crippen LogP contribution in [0, 0.1) is 0 Å². The number of imide groups is 1. The number of amides is 2. The summed E-state index contributed by atoms with van der Waals surface area (Å²) in [4.78, 5) is 25.8. The molecule has 2 aromatic rings. The minimum atomic E-state index is -0.265. The van der Waals surface area contributed by atoms with Crippen molar-refractivity contribution in [3.05, 3.63) is 63.5 Å². The van der Waals surface area contributed by atoms with Crippen LogP contribution in [0.25, 0.3) is 6.08 Å². The topological polar surface area (TPSA) is 55.8 Å². The van der Waals surface area contributed by atoms with Crippen LogP contribution in [0.5, 0.6) is 11.5 Å². The molecule has 2 aromatic carbocycles. The quantitative estimate of drug-likeness (QED) is 0.566. The number of hydrogen-bond acceptors (Lipinski definition) is 5. The van der Waals surface area contributed by atoms with Gasteiger partial charge in [-0.1, -0.05) is 29.8 Å². The molecule has 3 rings (SSSR count). The number of thioether (sulfide) groups is 1. The van der Waals surface area contributed by atoms with Crippen LogP contribution in [0.1, 0.15) is 25.0 Å². The van der Waals surface area contributed by atoms with Crippen molar-refractivity contribution >= 4 is 40.6 Å². The van der Waals surface area contributed by atoms with Gasteiger partial charge in [0.1, 0.15) is 6.61 Å². The molecule has 0 radical (unpaired) electrons. The Kier molecular flexibility index (Phi) is 6.65. The number of carbonyl (C=O) groups excluding carboxylic acids is 2. The van der Waals surface area contributed by atoms with Crippen LogP contribution in [0.2, 0.25) is 5.02 Å². The number of nitrogens with zero attached hydrogens (tertiary/aromatic N) is 1. The van der Waals surface area contributed by atoms with Crippen LogP contribution in [0.15, 0.2) is 47.4 Å². The van der Waals surface area contributed by atoms with Gasteiger partial charge in [-0.3, -0.25) is 14.5 Å². The molecule has 0 saturated carbocycles. The van der Waals surface area contributed by atoms with Gasteiger partial charge in [0.05, 0.1) is 11.5 Å². The molecule has 1 heterocycles. The van der Waals surface area contributed by atoms with Gasteiger partial charge in [0.25, 0.3) is 11.1 Å². The minimum Gasteiger partial charge on any atom is -0.490 e. The largest absolute Gasteiger partial charge is 0.490 e. The Bertz CT molecular complexity index is 911. The van der Waals surface area contributed by atoms with Crippen molar-refractivity contribution < 1.29 is 19.1 Å². The van der Waals surface area contributed by atoms with E-state index in [2.05, 4.69) is 0 Å². The smallest absolute Gasteiger partial charge is 0.293 e. The fourth-order valence-electron chi connectivity index (χ4n) is 2.67. The zero-order valence-corrected chi connectivity index (χ0v) is 17.2. The van der Waals surface area contributed by atoms with Crippen molar-refractivity contribution in [2.75, 3.05) is 13.2 Å². The van der Waals surface area contributed by atoms with E-state index >= 15 is 0 Å². The number of hydrogen-bond donors (Lipinski definition) is 0. The first-order chi connectivity index (χ1) is 13.5. The molecule has 5 nitrogen and oxygen atoms in total. The number of likely N-dealkylation sites (N-methyl/N-ethyl adjacent to an activating group) is 1. The van der Waals surface area contributed by atoms with Gasteiger partial charge in [0.15, 0.2) is 11.5 Å². The maximum absolute atomic E-state index is 12.3. The van der Waals surface area contributed by atoms with E-state index in [-0.39, 0.29) is 11.1 Å². The molecule has 0 aromatic heterocycles. The van der Waals surface area contributed by atoms with Crippen molar-refractivity contribution in [3.8, 4) is 11.5 Å². The summed E-state index contributed by atoms with van der Waals surface area (Å²) in [6.07, 6.45) is 1.70. The number of halogens is 1. The monoisotopic (exact) mass is 417 g/mol. The van der Waals surface area contributed by atoms with Gasteiger partial charge >= 0.3 is 0 Å². The van der Waals surface area contributed by atoms with E-state index < -0.39 is 0 Å². The summed E-state index contributed by atoms with van der Waals surface area (Å²) in [7, 11) is 0. The number of benzene rings is 2. The highest BCUT2D eigenvalue weighted by Crippen LogP contribution is 2.34. The number of carbonyl (C=O) groups is 2. The molecule has 146 valence electrons. The molecule has 7 heteroatoms. The Morgan fingerprint density at radius 3 is 2.43 bits per heavy atom. The molecule has 28 heavy (non-hydrogen) atoms. The lowest BCUT2D eigenvalue weighted by atomic mass is 10.1. The maximum Gasteiger partial charge on any atom is 0.293 e. The summed E-state index contributed by atoms with van der Waals surface area (Å²) in [5, 5.41) is 0.433. The van der Waals surface area contributed by atoms with Gasteiger partial charge in [0.2, 0.25) is 0 Å². The second-order valence-electron chi connectivity index (χ2n) is 5.98. The summed E-state index contributed by atoms with van der Waals surface area (Å²) in [6.45, 7) is 4.89. The Labute approximate surface area is 173 Å². The van der Waals surface area contributed by atoms with E-state index in [0.29, 0.717) is 41.2 Å². The molecule has 1 fully saturated rings. The van der Waals surface area contributed by atoms with Crippen LogP contribution in [0.3, 0.4) is 0 Å². The van der Waals surface area contributed by atoms with Gasteiger partial charge in [-0.05, 0) is 67.1 Å². The van der Waals surface area contributed by atoms with Crippen LogP contribution in [0.4, 0.5) is 4.79 Å². The first-order valence-corrected chi connectivity index (χ1v) is 10.1. The predicted molar refractivity (Wildman–Crippen MR) is 112 cm³/mol.